The van der Waals surface area contributed by atoms with Crippen molar-refractivity contribution in [2.75, 3.05) is 11.9 Å². The standard InChI is InChI=1S/C22H27N3O5/c1-3-15-10-11-16(13-17(15)25-22(30)23-4-2)20(27)24-18(19(26)21(28)29)12-14-8-6-5-7-9-14/h5-11,13,18-19,26H,3-4,12H2,1-2H3,(H,24,27)(H,28,29)(H2,23,25,30)/t18-,19-/m1/s1. The quantitative estimate of drug-likeness (QED) is 0.430. The van der Waals surface area contributed by atoms with Gasteiger partial charge in [-0.05, 0) is 43.0 Å². The fraction of sp³-hybridized carbons (Fsp3) is 0.318. The Labute approximate surface area is 175 Å². The zero-order chi connectivity index (χ0) is 22.1. The molecule has 0 aliphatic heterocycles. The Kier molecular flexibility index (Phi) is 8.37. The highest BCUT2D eigenvalue weighted by Gasteiger charge is 2.28. The minimum absolute atomic E-state index is 0.150. The van der Waals surface area contributed by atoms with Crippen LogP contribution < -0.4 is 16.0 Å². The van der Waals surface area contributed by atoms with Crippen molar-refractivity contribution in [2.45, 2.75) is 38.8 Å². The average molecular weight is 413 g/mol. The van der Waals surface area contributed by atoms with Gasteiger partial charge in [0.2, 0.25) is 0 Å². The molecule has 160 valence electrons. The normalized spacial score (nSPS) is 12.5. The van der Waals surface area contributed by atoms with Crippen molar-refractivity contribution in [3.8, 4) is 0 Å². The van der Waals surface area contributed by atoms with E-state index in [9.17, 15) is 24.6 Å². The molecule has 0 fully saturated rings. The maximum atomic E-state index is 12.8. The summed E-state index contributed by atoms with van der Waals surface area (Å²) in [4.78, 5) is 36.0. The summed E-state index contributed by atoms with van der Waals surface area (Å²) in [6, 6.07) is 12.5. The molecular formula is C22H27N3O5. The number of aliphatic carboxylic acids is 1. The zero-order valence-corrected chi connectivity index (χ0v) is 17.0. The van der Waals surface area contributed by atoms with Crippen molar-refractivity contribution >= 4 is 23.6 Å². The molecule has 0 heterocycles. The number of carbonyl (C=O) groups is 3. The molecule has 2 rings (SSSR count). The Hall–Kier alpha value is -3.39. The molecule has 3 amide bonds. The summed E-state index contributed by atoms with van der Waals surface area (Å²) in [5.74, 6) is -1.96. The smallest absolute Gasteiger partial charge is 0.334 e. The molecule has 8 heteroatoms. The number of nitrogens with one attached hydrogen (secondary N) is 3. The third kappa shape index (κ3) is 6.31. The van der Waals surface area contributed by atoms with Crippen LogP contribution in [0.15, 0.2) is 48.5 Å². The van der Waals surface area contributed by atoms with E-state index in [0.717, 1.165) is 11.1 Å². The van der Waals surface area contributed by atoms with Gasteiger partial charge in [0.05, 0.1) is 6.04 Å². The van der Waals surface area contributed by atoms with E-state index in [4.69, 9.17) is 0 Å². The van der Waals surface area contributed by atoms with Crippen LogP contribution in [0.25, 0.3) is 0 Å². The highest BCUT2D eigenvalue weighted by Crippen LogP contribution is 2.19. The number of rotatable bonds is 9. The molecule has 5 N–H and O–H groups in total. The monoisotopic (exact) mass is 413 g/mol. The number of benzene rings is 2. The first kappa shape index (κ1) is 22.9. The lowest BCUT2D eigenvalue weighted by Gasteiger charge is -2.22. The van der Waals surface area contributed by atoms with E-state index in [-0.39, 0.29) is 18.0 Å². The van der Waals surface area contributed by atoms with Crippen LogP contribution in [0, 0.1) is 0 Å². The molecule has 0 aliphatic rings. The van der Waals surface area contributed by atoms with Gasteiger partial charge in [-0.1, -0.05) is 43.3 Å². The number of aryl methyl sites for hydroxylation is 1. The first-order valence-electron chi connectivity index (χ1n) is 9.79. The Morgan fingerprint density at radius 1 is 1.03 bits per heavy atom. The van der Waals surface area contributed by atoms with Crippen LogP contribution in [-0.2, 0) is 17.6 Å². The van der Waals surface area contributed by atoms with Crippen LogP contribution in [0.5, 0.6) is 0 Å². The van der Waals surface area contributed by atoms with E-state index in [1.807, 2.05) is 13.0 Å². The molecule has 2 aromatic rings. The minimum Gasteiger partial charge on any atom is -0.479 e. The Morgan fingerprint density at radius 2 is 1.73 bits per heavy atom. The zero-order valence-electron chi connectivity index (χ0n) is 17.0. The van der Waals surface area contributed by atoms with Gasteiger partial charge in [-0.25, -0.2) is 9.59 Å². The summed E-state index contributed by atoms with van der Waals surface area (Å²) in [5, 5.41) is 27.3. The summed E-state index contributed by atoms with van der Waals surface area (Å²) in [6.45, 7) is 4.18. The van der Waals surface area contributed by atoms with Crippen molar-refractivity contribution in [1.29, 1.82) is 0 Å². The molecule has 0 bridgehead atoms. The lowest BCUT2D eigenvalue weighted by molar-refractivity contribution is -0.148. The van der Waals surface area contributed by atoms with Crippen molar-refractivity contribution in [3.63, 3.8) is 0 Å². The van der Waals surface area contributed by atoms with Crippen molar-refractivity contribution < 1.29 is 24.6 Å². The summed E-state index contributed by atoms with van der Waals surface area (Å²) in [7, 11) is 0. The minimum atomic E-state index is -1.77. The van der Waals surface area contributed by atoms with Gasteiger partial charge in [0.1, 0.15) is 0 Å². The lowest BCUT2D eigenvalue weighted by Crippen LogP contribution is -2.48. The van der Waals surface area contributed by atoms with Crippen molar-refractivity contribution in [2.24, 2.45) is 0 Å². The number of carboxylic acid groups (broad SMARTS) is 1. The summed E-state index contributed by atoms with van der Waals surface area (Å²) < 4.78 is 0. The van der Waals surface area contributed by atoms with Gasteiger partial charge in [-0.2, -0.15) is 0 Å². The molecule has 0 saturated carbocycles. The molecule has 0 aromatic heterocycles. The molecular weight excluding hydrogens is 386 g/mol. The van der Waals surface area contributed by atoms with Crippen molar-refractivity contribution in [1.82, 2.24) is 10.6 Å². The van der Waals surface area contributed by atoms with Crippen molar-refractivity contribution in [3.05, 3.63) is 65.2 Å². The molecule has 0 unspecified atom stereocenters. The number of aliphatic hydroxyl groups excluding tert-OH is 1. The van der Waals surface area contributed by atoms with Crippen LogP contribution in [0.2, 0.25) is 0 Å². The van der Waals surface area contributed by atoms with E-state index in [1.54, 1.807) is 43.3 Å². The molecule has 0 aliphatic carbocycles. The first-order valence-corrected chi connectivity index (χ1v) is 9.79. The van der Waals surface area contributed by atoms with Crippen LogP contribution in [0.3, 0.4) is 0 Å². The maximum absolute atomic E-state index is 12.8. The number of urea groups is 1. The topological polar surface area (TPSA) is 128 Å². The van der Waals surface area contributed by atoms with Crippen LogP contribution >= 0.6 is 0 Å². The summed E-state index contributed by atoms with van der Waals surface area (Å²) in [5.41, 5.74) is 2.37. The highest BCUT2D eigenvalue weighted by atomic mass is 16.4. The number of carboxylic acids is 1. The predicted molar refractivity (Wildman–Crippen MR) is 114 cm³/mol. The van der Waals surface area contributed by atoms with Gasteiger partial charge in [0.15, 0.2) is 6.10 Å². The number of hydrogen-bond donors (Lipinski definition) is 5. The fourth-order valence-electron chi connectivity index (χ4n) is 3.00. The SMILES string of the molecule is CCNC(=O)Nc1cc(C(=O)N[C@H](Cc2ccccc2)[C@@H](O)C(=O)O)ccc1CC. The second kappa shape index (κ2) is 11.0. The number of amides is 3. The van der Waals surface area contributed by atoms with E-state index >= 15 is 0 Å². The molecule has 30 heavy (non-hydrogen) atoms. The average Bonchev–Trinajstić information content (AvgIpc) is 2.73. The Morgan fingerprint density at radius 3 is 2.33 bits per heavy atom. The molecule has 0 spiro atoms. The van der Waals surface area contributed by atoms with Gasteiger partial charge in [-0.3, -0.25) is 4.79 Å². The third-order valence-electron chi connectivity index (χ3n) is 4.59. The molecule has 2 atom stereocenters. The van der Waals surface area contributed by atoms with Crippen LogP contribution in [0.4, 0.5) is 10.5 Å². The molecule has 2 aromatic carbocycles. The largest absolute Gasteiger partial charge is 0.479 e. The first-order chi connectivity index (χ1) is 14.3. The van der Waals surface area contributed by atoms with Gasteiger partial charge in [0, 0.05) is 17.8 Å². The van der Waals surface area contributed by atoms with E-state index < -0.39 is 24.0 Å². The summed E-state index contributed by atoms with van der Waals surface area (Å²) >= 11 is 0. The Bertz CT molecular complexity index is 886. The van der Waals surface area contributed by atoms with Crippen LogP contribution in [-0.4, -0.2) is 46.8 Å². The molecule has 0 radical (unpaired) electrons. The highest BCUT2D eigenvalue weighted by molar-refractivity contribution is 5.98. The van der Waals surface area contributed by atoms with Gasteiger partial charge < -0.3 is 26.2 Å². The Balaban J connectivity index is 2.23. The van der Waals surface area contributed by atoms with Gasteiger partial charge in [0.25, 0.3) is 5.91 Å². The number of carbonyl (C=O) groups excluding carboxylic acids is 2. The maximum Gasteiger partial charge on any atom is 0.334 e. The van der Waals surface area contributed by atoms with E-state index in [1.165, 1.54) is 6.07 Å². The van der Waals surface area contributed by atoms with Gasteiger partial charge >= 0.3 is 12.0 Å². The number of hydrogen-bond acceptors (Lipinski definition) is 4. The van der Waals surface area contributed by atoms with Gasteiger partial charge in [-0.15, -0.1) is 0 Å². The van der Waals surface area contributed by atoms with E-state index in [2.05, 4.69) is 16.0 Å². The molecule has 8 nitrogen and oxygen atoms in total. The number of aliphatic hydroxyl groups is 1. The third-order valence-corrected chi connectivity index (χ3v) is 4.59. The van der Waals surface area contributed by atoms with E-state index in [0.29, 0.717) is 18.7 Å². The second-order valence-electron chi connectivity index (χ2n) is 6.76. The fourth-order valence-corrected chi connectivity index (χ4v) is 3.00. The second-order valence-corrected chi connectivity index (χ2v) is 6.76. The molecule has 0 saturated heterocycles. The number of anilines is 1. The summed E-state index contributed by atoms with van der Waals surface area (Å²) in [6.07, 6.45) is -0.966. The predicted octanol–water partition coefficient (Wildman–Crippen LogP) is 2.18. The lowest BCUT2D eigenvalue weighted by atomic mass is 10.00. The van der Waals surface area contributed by atoms with Crippen LogP contribution in [0.1, 0.15) is 35.3 Å².